The fourth-order valence-corrected chi connectivity index (χ4v) is 3.13. The molecule has 1 unspecified atom stereocenters. The maximum absolute atomic E-state index is 12.1. The van der Waals surface area contributed by atoms with Crippen LogP contribution in [-0.2, 0) is 9.53 Å². The number of Topliss-reactive ketones (excluding diaryl/α,β-unsaturated/α-hetero) is 1. The van der Waals surface area contributed by atoms with E-state index in [1.54, 1.807) is 4.90 Å². The summed E-state index contributed by atoms with van der Waals surface area (Å²) in [6, 6.07) is -0.302. The Balaban J connectivity index is 2.12. The van der Waals surface area contributed by atoms with E-state index in [2.05, 4.69) is 22.9 Å². The number of hydrogen-bond acceptors (Lipinski definition) is 3. The number of carbonyl (C=O) groups excluding carboxylic acids is 2. The number of carbonyl (C=O) groups is 2. The molecular weight excluding hydrogens is 298 g/mol. The van der Waals surface area contributed by atoms with E-state index in [1.807, 2.05) is 20.8 Å². The van der Waals surface area contributed by atoms with Gasteiger partial charge in [-0.1, -0.05) is 22.9 Å². The molecule has 0 N–H and O–H groups in total. The number of likely N-dealkylation sites (tertiary alicyclic amines) is 1. The SMILES string of the molecule is CC(C)(C)OC(=O)N1C[C@@]2(C)C[C@H]2C1C(=O)CBr. The van der Waals surface area contributed by atoms with Gasteiger partial charge >= 0.3 is 6.09 Å². The van der Waals surface area contributed by atoms with Gasteiger partial charge in [0.25, 0.3) is 0 Å². The summed E-state index contributed by atoms with van der Waals surface area (Å²) in [5, 5.41) is 0.295. The molecule has 1 aliphatic heterocycles. The third kappa shape index (κ3) is 2.42. The maximum atomic E-state index is 12.1. The van der Waals surface area contributed by atoms with E-state index in [-0.39, 0.29) is 23.3 Å². The van der Waals surface area contributed by atoms with Crippen LogP contribution in [0.15, 0.2) is 0 Å². The van der Waals surface area contributed by atoms with Crippen molar-refractivity contribution in [2.24, 2.45) is 11.3 Å². The monoisotopic (exact) mass is 317 g/mol. The van der Waals surface area contributed by atoms with Crippen LogP contribution in [0.2, 0.25) is 0 Å². The summed E-state index contributed by atoms with van der Waals surface area (Å²) in [5.74, 6) is 0.391. The average molecular weight is 318 g/mol. The summed E-state index contributed by atoms with van der Waals surface area (Å²) in [6.45, 7) is 8.28. The third-order valence-corrected chi connectivity index (χ3v) is 4.31. The normalized spacial score (nSPS) is 34.2. The zero-order valence-corrected chi connectivity index (χ0v) is 12.9. The number of nitrogens with zero attached hydrogens (tertiary/aromatic N) is 1. The zero-order chi connectivity index (χ0) is 13.7. The molecular formula is C13H20BrNO3. The lowest BCUT2D eigenvalue weighted by Crippen LogP contribution is -2.46. The second kappa shape index (κ2) is 4.22. The molecule has 2 fully saturated rings. The molecule has 3 atom stereocenters. The highest BCUT2D eigenvalue weighted by atomic mass is 79.9. The maximum Gasteiger partial charge on any atom is 0.410 e. The van der Waals surface area contributed by atoms with Crippen LogP contribution in [0.25, 0.3) is 0 Å². The topological polar surface area (TPSA) is 46.6 Å². The molecule has 1 amide bonds. The van der Waals surface area contributed by atoms with Gasteiger partial charge in [0.05, 0.1) is 11.4 Å². The van der Waals surface area contributed by atoms with Gasteiger partial charge in [0, 0.05) is 6.54 Å². The van der Waals surface area contributed by atoms with Crippen LogP contribution in [0, 0.1) is 11.3 Å². The molecule has 2 rings (SSSR count). The van der Waals surface area contributed by atoms with Crippen molar-refractivity contribution in [3.05, 3.63) is 0 Å². The Bertz CT molecular complexity index is 390. The molecule has 1 saturated carbocycles. The number of rotatable bonds is 2. The van der Waals surface area contributed by atoms with Crippen LogP contribution in [0.3, 0.4) is 0 Å². The molecule has 0 radical (unpaired) electrons. The molecule has 18 heavy (non-hydrogen) atoms. The van der Waals surface area contributed by atoms with Crippen molar-refractivity contribution in [3.63, 3.8) is 0 Å². The summed E-state index contributed by atoms with van der Waals surface area (Å²) in [6.07, 6.45) is 0.672. The van der Waals surface area contributed by atoms with Crippen molar-refractivity contribution in [1.29, 1.82) is 0 Å². The van der Waals surface area contributed by atoms with Crippen LogP contribution < -0.4 is 0 Å². The first-order valence-electron chi connectivity index (χ1n) is 6.26. The molecule has 1 saturated heterocycles. The molecule has 4 nitrogen and oxygen atoms in total. The van der Waals surface area contributed by atoms with Gasteiger partial charge in [0.1, 0.15) is 5.60 Å². The number of ketones is 1. The van der Waals surface area contributed by atoms with Crippen molar-refractivity contribution < 1.29 is 14.3 Å². The standard InChI is InChI=1S/C13H20BrNO3/c1-12(2,3)18-11(17)15-7-13(4)5-8(13)10(15)9(16)6-14/h8,10H,5-7H2,1-4H3/t8-,10?,13+/m0/s1. The highest BCUT2D eigenvalue weighted by Crippen LogP contribution is 2.60. The number of ether oxygens (including phenoxy) is 1. The quantitative estimate of drug-likeness (QED) is 0.735. The van der Waals surface area contributed by atoms with Crippen LogP contribution >= 0.6 is 15.9 Å². The van der Waals surface area contributed by atoms with E-state index < -0.39 is 5.60 Å². The Labute approximate surface area is 116 Å². The molecule has 1 heterocycles. The lowest BCUT2D eigenvalue weighted by Gasteiger charge is -2.29. The van der Waals surface area contributed by atoms with Crippen molar-refractivity contribution in [2.75, 3.05) is 11.9 Å². The van der Waals surface area contributed by atoms with Gasteiger partial charge < -0.3 is 4.74 Å². The van der Waals surface area contributed by atoms with Crippen LogP contribution in [-0.4, -0.2) is 40.3 Å². The predicted octanol–water partition coefficient (Wildman–Crippen LogP) is 2.60. The van der Waals surface area contributed by atoms with Gasteiger partial charge in [-0.25, -0.2) is 4.79 Å². The molecule has 0 aromatic heterocycles. The van der Waals surface area contributed by atoms with Gasteiger partial charge in [-0.15, -0.1) is 0 Å². The predicted molar refractivity (Wildman–Crippen MR) is 71.7 cm³/mol. The largest absolute Gasteiger partial charge is 0.444 e. The first kappa shape index (κ1) is 13.8. The molecule has 102 valence electrons. The summed E-state index contributed by atoms with van der Waals surface area (Å²) >= 11 is 3.20. The van der Waals surface area contributed by atoms with Crippen molar-refractivity contribution in [1.82, 2.24) is 4.90 Å². The number of alkyl halides is 1. The Kier molecular flexibility index (Phi) is 3.24. The second-order valence-electron chi connectivity index (χ2n) is 6.62. The van der Waals surface area contributed by atoms with Crippen LogP contribution in [0.4, 0.5) is 4.79 Å². The summed E-state index contributed by atoms with van der Waals surface area (Å²) in [4.78, 5) is 25.7. The third-order valence-electron chi connectivity index (χ3n) is 3.76. The van der Waals surface area contributed by atoms with Crippen LogP contribution in [0.5, 0.6) is 0 Å². The molecule has 0 spiro atoms. The lowest BCUT2D eigenvalue weighted by molar-refractivity contribution is -0.121. The van der Waals surface area contributed by atoms with Crippen molar-refractivity contribution in [3.8, 4) is 0 Å². The highest BCUT2D eigenvalue weighted by molar-refractivity contribution is 9.09. The minimum absolute atomic E-state index is 0.0760. The van der Waals surface area contributed by atoms with Gasteiger partial charge in [-0.05, 0) is 38.5 Å². The second-order valence-corrected chi connectivity index (χ2v) is 7.18. The smallest absolute Gasteiger partial charge is 0.410 e. The first-order valence-corrected chi connectivity index (χ1v) is 7.38. The molecule has 0 aromatic carbocycles. The summed E-state index contributed by atoms with van der Waals surface area (Å²) < 4.78 is 5.38. The van der Waals surface area contributed by atoms with Gasteiger partial charge in [-0.3, -0.25) is 9.69 Å². The minimum atomic E-state index is -0.521. The van der Waals surface area contributed by atoms with E-state index in [4.69, 9.17) is 4.74 Å². The number of amides is 1. The van der Waals surface area contributed by atoms with Crippen LogP contribution in [0.1, 0.15) is 34.1 Å². The molecule has 0 aromatic rings. The van der Waals surface area contributed by atoms with Gasteiger partial charge in [-0.2, -0.15) is 0 Å². The Morgan fingerprint density at radius 1 is 1.44 bits per heavy atom. The van der Waals surface area contributed by atoms with Gasteiger partial charge in [0.15, 0.2) is 5.78 Å². The fraction of sp³-hybridized carbons (Fsp3) is 0.846. The number of fused-ring (bicyclic) bond motifs is 1. The highest BCUT2D eigenvalue weighted by Gasteiger charge is 2.65. The molecule has 1 aliphatic carbocycles. The minimum Gasteiger partial charge on any atom is -0.444 e. The van der Waals surface area contributed by atoms with Crippen molar-refractivity contribution in [2.45, 2.75) is 45.8 Å². The van der Waals surface area contributed by atoms with E-state index in [1.165, 1.54) is 0 Å². The average Bonchev–Trinajstić information content (AvgIpc) is 2.78. The number of piperidine rings is 1. The van der Waals surface area contributed by atoms with Crippen molar-refractivity contribution >= 4 is 27.8 Å². The summed E-state index contributed by atoms with van der Waals surface area (Å²) in [7, 11) is 0. The fourth-order valence-electron chi connectivity index (χ4n) is 2.80. The Morgan fingerprint density at radius 2 is 2.06 bits per heavy atom. The molecule has 0 bridgehead atoms. The Hall–Kier alpha value is -0.580. The number of halogens is 1. The number of hydrogen-bond donors (Lipinski definition) is 0. The van der Waals surface area contributed by atoms with E-state index in [9.17, 15) is 9.59 Å². The first-order chi connectivity index (χ1) is 8.18. The van der Waals surface area contributed by atoms with Gasteiger partial charge in [0.2, 0.25) is 0 Å². The Morgan fingerprint density at radius 3 is 2.56 bits per heavy atom. The summed E-state index contributed by atoms with van der Waals surface area (Å²) in [5.41, 5.74) is -0.397. The van der Waals surface area contributed by atoms with E-state index in [0.717, 1.165) is 6.42 Å². The molecule has 5 heteroatoms. The molecule has 2 aliphatic rings. The van der Waals surface area contributed by atoms with E-state index in [0.29, 0.717) is 17.8 Å². The van der Waals surface area contributed by atoms with E-state index >= 15 is 0 Å². The lowest BCUT2D eigenvalue weighted by atomic mass is 10.1. The zero-order valence-electron chi connectivity index (χ0n) is 11.3.